The summed E-state index contributed by atoms with van der Waals surface area (Å²) in [7, 11) is 1.91. The minimum Gasteiger partial charge on any atom is -0.428 e. The van der Waals surface area contributed by atoms with Crippen LogP contribution in [0.25, 0.3) is 0 Å². The quantitative estimate of drug-likeness (QED) is 0.417. The van der Waals surface area contributed by atoms with Crippen molar-refractivity contribution in [1.29, 1.82) is 0 Å². The maximum atomic E-state index is 6.06. The molecule has 0 heterocycles. The van der Waals surface area contributed by atoms with Gasteiger partial charge in [0.05, 0.1) is 5.38 Å². The van der Waals surface area contributed by atoms with Crippen molar-refractivity contribution in [3.63, 3.8) is 0 Å². The lowest BCUT2D eigenvalue weighted by Crippen LogP contribution is -2.46. The van der Waals surface area contributed by atoms with Crippen molar-refractivity contribution in [1.82, 2.24) is 0 Å². The minimum atomic E-state index is -2.80. The zero-order valence-corrected chi connectivity index (χ0v) is 17.8. The van der Waals surface area contributed by atoms with Gasteiger partial charge in [0.15, 0.2) is 0 Å². The lowest BCUT2D eigenvalue weighted by molar-refractivity contribution is 0.131. The van der Waals surface area contributed by atoms with Gasteiger partial charge in [-0.1, -0.05) is 36.4 Å². The van der Waals surface area contributed by atoms with Crippen LogP contribution in [0.5, 0.6) is 11.5 Å². The monoisotopic (exact) mass is 416 g/mol. The molecule has 0 aliphatic rings. The predicted molar refractivity (Wildman–Crippen MR) is 108 cm³/mol. The molecule has 2 aromatic rings. The zero-order chi connectivity index (χ0) is 18.2. The molecule has 0 saturated carbocycles. The van der Waals surface area contributed by atoms with Gasteiger partial charge in [0.25, 0.3) is 0 Å². The third-order valence-electron chi connectivity index (χ3n) is 3.25. The average molecular weight is 417 g/mol. The van der Waals surface area contributed by atoms with Crippen LogP contribution in [0.3, 0.4) is 0 Å². The Morgan fingerprint density at radius 2 is 1.20 bits per heavy atom. The molecule has 0 amide bonds. The van der Waals surface area contributed by atoms with Crippen LogP contribution in [-0.2, 0) is 25.1 Å². The van der Waals surface area contributed by atoms with E-state index in [9.17, 15) is 0 Å². The molecule has 0 N–H and O–H groups in total. The molecule has 0 atom stereocenters. The molecular weight excluding hydrogens is 395 g/mol. The first-order valence-electron chi connectivity index (χ1n) is 7.44. The van der Waals surface area contributed by atoms with Gasteiger partial charge < -0.3 is 22.3 Å². The Morgan fingerprint density at radius 3 is 1.56 bits per heavy atom. The molecule has 0 unspecified atom stereocenters. The first-order chi connectivity index (χ1) is 12.0. The second-order valence-electron chi connectivity index (χ2n) is 4.82. The van der Waals surface area contributed by atoms with Crippen molar-refractivity contribution < 1.29 is 22.3 Å². The van der Waals surface area contributed by atoms with Crippen LogP contribution >= 0.6 is 17.1 Å². The maximum Gasteiger partial charge on any atom is 0.511 e. The molecule has 0 fully saturated rings. The number of rotatable bonds is 10. The van der Waals surface area contributed by atoms with E-state index in [1.54, 1.807) is 21.3 Å². The summed E-state index contributed by atoms with van der Waals surface area (Å²) in [6.07, 6.45) is 0. The summed E-state index contributed by atoms with van der Waals surface area (Å²) < 4.78 is 28.5. The van der Waals surface area contributed by atoms with E-state index >= 15 is 0 Å². The molecule has 9 heteroatoms. The smallest absolute Gasteiger partial charge is 0.428 e. The highest BCUT2D eigenvalue weighted by Gasteiger charge is 2.41. The molecule has 0 bridgehead atoms. The Morgan fingerprint density at radius 1 is 0.800 bits per heavy atom. The Bertz CT molecular complexity index is 632. The SMILES string of the molecule is CO[Si](CSP(=S)(Oc1ccccc1)Oc1ccccc1)(OC)OC. The molecule has 2 aromatic carbocycles. The predicted octanol–water partition coefficient (Wildman–Crippen LogP) is 4.52. The third kappa shape index (κ3) is 6.11. The zero-order valence-electron chi connectivity index (χ0n) is 14.3. The molecule has 0 aliphatic carbocycles. The highest BCUT2D eigenvalue weighted by Crippen LogP contribution is 2.60. The van der Waals surface area contributed by atoms with Gasteiger partial charge in [0.1, 0.15) is 11.5 Å². The topological polar surface area (TPSA) is 46.2 Å². The molecule has 25 heavy (non-hydrogen) atoms. The van der Waals surface area contributed by atoms with Crippen molar-refractivity contribution in [2.75, 3.05) is 26.7 Å². The molecule has 0 spiro atoms. The summed E-state index contributed by atoms with van der Waals surface area (Å²) in [4.78, 5) is 0. The van der Waals surface area contributed by atoms with Gasteiger partial charge in [0, 0.05) is 21.3 Å². The van der Waals surface area contributed by atoms with Crippen molar-refractivity contribution in [2.45, 2.75) is 0 Å². The largest absolute Gasteiger partial charge is 0.511 e. The van der Waals surface area contributed by atoms with E-state index in [-0.39, 0.29) is 0 Å². The summed E-state index contributed by atoms with van der Waals surface area (Å²) in [5, 5.41) is 0.424. The van der Waals surface area contributed by atoms with Crippen LogP contribution in [0.1, 0.15) is 0 Å². The highest BCUT2D eigenvalue weighted by atomic mass is 32.9. The van der Waals surface area contributed by atoms with Crippen LogP contribution in [-0.4, -0.2) is 35.5 Å². The van der Waals surface area contributed by atoms with Crippen LogP contribution in [0.15, 0.2) is 60.7 Å². The highest BCUT2D eigenvalue weighted by molar-refractivity contribution is 8.68. The molecule has 5 nitrogen and oxygen atoms in total. The molecule has 2 rings (SSSR count). The summed E-state index contributed by atoms with van der Waals surface area (Å²) in [5.41, 5.74) is -2.75. The molecule has 0 aliphatic heterocycles. The van der Waals surface area contributed by atoms with Crippen molar-refractivity contribution in [2.24, 2.45) is 0 Å². The van der Waals surface area contributed by atoms with Gasteiger partial charge in [-0.2, -0.15) is 0 Å². The van der Waals surface area contributed by atoms with Gasteiger partial charge >= 0.3 is 14.5 Å². The lowest BCUT2D eigenvalue weighted by Gasteiger charge is -2.27. The summed E-state index contributed by atoms with van der Waals surface area (Å²) in [5.74, 6) is 1.32. The molecule has 0 radical (unpaired) electrons. The first kappa shape index (κ1) is 20.4. The Kier molecular flexibility index (Phi) is 7.96. The fraction of sp³-hybridized carbons (Fsp3) is 0.250. The Balaban J connectivity index is 2.20. The van der Waals surface area contributed by atoms with Crippen LogP contribution < -0.4 is 9.05 Å². The van der Waals surface area contributed by atoms with E-state index in [4.69, 9.17) is 34.1 Å². The summed E-state index contributed by atoms with van der Waals surface area (Å²) in [6, 6.07) is 18.8. The van der Waals surface area contributed by atoms with Crippen molar-refractivity contribution in [3.05, 3.63) is 60.7 Å². The lowest BCUT2D eigenvalue weighted by atomic mass is 10.3. The van der Waals surface area contributed by atoms with Gasteiger partial charge in [0.2, 0.25) is 0 Å². The fourth-order valence-electron chi connectivity index (χ4n) is 1.88. The Hall–Kier alpha value is -0.863. The molecule has 0 aromatic heterocycles. The molecular formula is C16H21O5PS2Si. The standard InChI is InChI=1S/C16H21O5PS2Si/c1-17-25(18-2,19-3)14-24-22(23,20-15-10-6-4-7-11-15)21-16-12-8-5-9-13-16/h4-13H,14H2,1-3H3. The van der Waals surface area contributed by atoms with E-state index in [1.165, 1.54) is 11.4 Å². The van der Waals surface area contributed by atoms with E-state index in [1.807, 2.05) is 60.7 Å². The van der Waals surface area contributed by atoms with Crippen LogP contribution in [0.4, 0.5) is 0 Å². The van der Waals surface area contributed by atoms with E-state index in [0.29, 0.717) is 16.9 Å². The van der Waals surface area contributed by atoms with E-state index < -0.39 is 14.5 Å². The number of hydrogen-bond acceptors (Lipinski definition) is 7. The normalized spacial score (nSPS) is 12.0. The van der Waals surface area contributed by atoms with Gasteiger partial charge in [-0.3, -0.25) is 0 Å². The van der Waals surface area contributed by atoms with Crippen molar-refractivity contribution in [3.8, 4) is 11.5 Å². The fourth-order valence-corrected chi connectivity index (χ4v) is 11.6. The van der Waals surface area contributed by atoms with Crippen LogP contribution in [0.2, 0.25) is 0 Å². The average Bonchev–Trinajstić information content (AvgIpc) is 2.65. The van der Waals surface area contributed by atoms with Crippen molar-refractivity contribution >= 4 is 37.7 Å². The maximum absolute atomic E-state index is 6.06. The summed E-state index contributed by atoms with van der Waals surface area (Å²) >= 11 is 7.13. The van der Waals surface area contributed by atoms with E-state index in [2.05, 4.69) is 0 Å². The van der Waals surface area contributed by atoms with E-state index in [0.717, 1.165) is 0 Å². The summed E-state index contributed by atoms with van der Waals surface area (Å²) in [6.45, 7) is 0. The number of hydrogen-bond donors (Lipinski definition) is 0. The van der Waals surface area contributed by atoms with Gasteiger partial charge in [-0.05, 0) is 47.5 Å². The minimum absolute atomic E-state index is 0.424. The number of para-hydroxylation sites is 2. The van der Waals surface area contributed by atoms with Crippen LogP contribution in [0, 0.1) is 0 Å². The first-order valence-corrected chi connectivity index (χ1v) is 13.6. The Labute approximate surface area is 158 Å². The molecule has 136 valence electrons. The second-order valence-corrected chi connectivity index (χ2v) is 14.4. The molecule has 0 saturated heterocycles. The third-order valence-corrected chi connectivity index (χ3v) is 12.2. The van der Waals surface area contributed by atoms with Gasteiger partial charge in [-0.15, -0.1) is 0 Å². The second kappa shape index (κ2) is 9.73. The number of benzene rings is 2. The van der Waals surface area contributed by atoms with Gasteiger partial charge in [-0.25, -0.2) is 0 Å².